The van der Waals surface area contributed by atoms with Crippen molar-refractivity contribution in [1.29, 1.82) is 0 Å². The van der Waals surface area contributed by atoms with Gasteiger partial charge in [0.05, 0.1) is 0 Å². The molecule has 2 aromatic heterocycles. The second-order valence-corrected chi connectivity index (χ2v) is 6.03. The van der Waals surface area contributed by atoms with E-state index in [9.17, 15) is 18.0 Å². The molecule has 24 heavy (non-hydrogen) atoms. The number of hydrogen-bond donors (Lipinski definition) is 2. The Hall–Kier alpha value is -2.32. The summed E-state index contributed by atoms with van der Waals surface area (Å²) < 4.78 is 38.9. The van der Waals surface area contributed by atoms with Gasteiger partial charge < -0.3 is 5.32 Å². The number of amides is 1. The normalized spacial score (nSPS) is 16.3. The van der Waals surface area contributed by atoms with E-state index in [4.69, 9.17) is 0 Å². The monoisotopic (exact) mass is 341 g/mol. The van der Waals surface area contributed by atoms with E-state index in [1.165, 1.54) is 13.5 Å². The van der Waals surface area contributed by atoms with E-state index < -0.39 is 17.8 Å². The lowest BCUT2D eigenvalue weighted by Gasteiger charge is -2.19. The van der Waals surface area contributed by atoms with Crippen LogP contribution in [0, 0.1) is 0 Å². The molecule has 0 bridgehead atoms. The van der Waals surface area contributed by atoms with Gasteiger partial charge in [-0.2, -0.15) is 23.4 Å². The molecule has 0 atom stereocenters. The standard InChI is InChI=1S/C15H18F3N5O/c1-23-13(8-12(22-23)15(16,17)18)19-14(24)11-7-10(20-21-11)9-5-3-2-4-6-9/h7-9H,2-6H2,1H3,(H,19,24)(H,20,21). The minimum Gasteiger partial charge on any atom is -0.305 e. The van der Waals surface area contributed by atoms with Crippen molar-refractivity contribution in [3.63, 3.8) is 0 Å². The van der Waals surface area contributed by atoms with Crippen LogP contribution in [-0.2, 0) is 13.2 Å². The predicted molar refractivity (Wildman–Crippen MR) is 80.6 cm³/mol. The van der Waals surface area contributed by atoms with Crippen LogP contribution >= 0.6 is 0 Å². The van der Waals surface area contributed by atoms with Gasteiger partial charge in [-0.3, -0.25) is 14.6 Å². The van der Waals surface area contributed by atoms with Crippen molar-refractivity contribution >= 4 is 11.7 Å². The number of aryl methyl sites for hydroxylation is 1. The molecule has 1 saturated carbocycles. The molecule has 1 aliphatic carbocycles. The Bertz CT molecular complexity index is 728. The number of carbonyl (C=O) groups is 1. The summed E-state index contributed by atoms with van der Waals surface area (Å²) in [5, 5.41) is 12.6. The molecule has 0 spiro atoms. The second kappa shape index (κ2) is 6.29. The number of aromatic nitrogens is 4. The molecule has 6 nitrogen and oxygen atoms in total. The van der Waals surface area contributed by atoms with Crippen LogP contribution in [-0.4, -0.2) is 25.9 Å². The number of H-pyrrole nitrogens is 1. The highest BCUT2D eigenvalue weighted by atomic mass is 19.4. The Labute approximate surface area is 136 Å². The minimum atomic E-state index is -4.55. The van der Waals surface area contributed by atoms with Crippen molar-refractivity contribution in [2.75, 3.05) is 5.32 Å². The Morgan fingerprint density at radius 2 is 2.00 bits per heavy atom. The first-order valence-electron chi connectivity index (χ1n) is 7.82. The summed E-state index contributed by atoms with van der Waals surface area (Å²) in [7, 11) is 1.34. The highest BCUT2D eigenvalue weighted by Gasteiger charge is 2.35. The third-order valence-corrected chi connectivity index (χ3v) is 4.29. The summed E-state index contributed by atoms with van der Waals surface area (Å²) in [4.78, 5) is 12.2. The van der Waals surface area contributed by atoms with E-state index >= 15 is 0 Å². The van der Waals surface area contributed by atoms with E-state index in [0.717, 1.165) is 42.1 Å². The zero-order valence-electron chi connectivity index (χ0n) is 13.2. The fraction of sp³-hybridized carbons (Fsp3) is 0.533. The summed E-state index contributed by atoms with van der Waals surface area (Å²) in [6.07, 6.45) is 1.09. The summed E-state index contributed by atoms with van der Waals surface area (Å²) in [6.45, 7) is 0. The van der Waals surface area contributed by atoms with Gasteiger partial charge in [-0.25, -0.2) is 0 Å². The van der Waals surface area contributed by atoms with E-state index in [2.05, 4.69) is 20.6 Å². The SMILES string of the molecule is Cn1nc(C(F)(F)F)cc1NC(=O)c1cc(C2CCCCC2)[nH]n1. The number of hydrogen-bond acceptors (Lipinski definition) is 3. The Kier molecular flexibility index (Phi) is 4.33. The second-order valence-electron chi connectivity index (χ2n) is 6.03. The maximum atomic E-state index is 12.6. The molecule has 9 heteroatoms. The average molecular weight is 341 g/mol. The van der Waals surface area contributed by atoms with Crippen molar-refractivity contribution in [3.8, 4) is 0 Å². The molecule has 3 rings (SSSR count). The summed E-state index contributed by atoms with van der Waals surface area (Å²) >= 11 is 0. The van der Waals surface area contributed by atoms with Crippen molar-refractivity contribution in [1.82, 2.24) is 20.0 Å². The number of alkyl halides is 3. The lowest BCUT2D eigenvalue weighted by molar-refractivity contribution is -0.141. The van der Waals surface area contributed by atoms with Crippen LogP contribution in [0.5, 0.6) is 0 Å². The number of nitrogens with zero attached hydrogens (tertiary/aromatic N) is 3. The van der Waals surface area contributed by atoms with Crippen LogP contribution in [0.4, 0.5) is 19.0 Å². The highest BCUT2D eigenvalue weighted by Crippen LogP contribution is 2.32. The number of nitrogens with one attached hydrogen (secondary N) is 2. The first-order valence-corrected chi connectivity index (χ1v) is 7.82. The quantitative estimate of drug-likeness (QED) is 0.898. The molecule has 1 aliphatic rings. The fourth-order valence-corrected chi connectivity index (χ4v) is 2.98. The maximum absolute atomic E-state index is 12.6. The Balaban J connectivity index is 1.71. The number of aromatic amines is 1. The highest BCUT2D eigenvalue weighted by molar-refractivity contribution is 6.02. The Morgan fingerprint density at radius 1 is 1.29 bits per heavy atom. The Morgan fingerprint density at radius 3 is 2.62 bits per heavy atom. The van der Waals surface area contributed by atoms with Gasteiger partial charge in [-0.1, -0.05) is 19.3 Å². The predicted octanol–water partition coefficient (Wildman–Crippen LogP) is 3.46. The third-order valence-electron chi connectivity index (χ3n) is 4.29. The van der Waals surface area contributed by atoms with E-state index in [0.29, 0.717) is 5.92 Å². The molecule has 0 saturated heterocycles. The summed E-state index contributed by atoms with van der Waals surface area (Å²) in [6, 6.07) is 2.47. The molecule has 130 valence electrons. The van der Waals surface area contributed by atoms with Crippen molar-refractivity contribution in [2.24, 2.45) is 7.05 Å². The van der Waals surface area contributed by atoms with Gasteiger partial charge in [-0.15, -0.1) is 0 Å². The minimum absolute atomic E-state index is 0.0328. The molecule has 0 radical (unpaired) electrons. The van der Waals surface area contributed by atoms with E-state index in [1.54, 1.807) is 6.07 Å². The van der Waals surface area contributed by atoms with Crippen LogP contribution in [0.15, 0.2) is 12.1 Å². The van der Waals surface area contributed by atoms with Gasteiger partial charge in [0.25, 0.3) is 5.91 Å². The number of carbonyl (C=O) groups excluding carboxylic acids is 1. The number of halogens is 3. The molecule has 0 aromatic carbocycles. The van der Waals surface area contributed by atoms with E-state index in [1.807, 2.05) is 0 Å². The number of anilines is 1. The zero-order valence-corrected chi connectivity index (χ0v) is 13.2. The molecule has 2 aromatic rings. The topological polar surface area (TPSA) is 75.6 Å². The number of rotatable bonds is 3. The summed E-state index contributed by atoms with van der Waals surface area (Å²) in [5.41, 5.74) is 0.0105. The van der Waals surface area contributed by atoms with Gasteiger partial charge in [0.2, 0.25) is 0 Å². The molecule has 2 heterocycles. The third kappa shape index (κ3) is 3.44. The van der Waals surface area contributed by atoms with Crippen LogP contribution in [0.3, 0.4) is 0 Å². The molecule has 1 fully saturated rings. The van der Waals surface area contributed by atoms with Gasteiger partial charge in [0, 0.05) is 24.7 Å². The largest absolute Gasteiger partial charge is 0.435 e. The maximum Gasteiger partial charge on any atom is 0.435 e. The first kappa shape index (κ1) is 16.5. The van der Waals surface area contributed by atoms with E-state index in [-0.39, 0.29) is 11.5 Å². The van der Waals surface area contributed by atoms with Crippen molar-refractivity contribution in [2.45, 2.75) is 44.2 Å². The van der Waals surface area contributed by atoms with Crippen molar-refractivity contribution in [3.05, 3.63) is 29.2 Å². The van der Waals surface area contributed by atoms with Crippen LogP contribution in [0.2, 0.25) is 0 Å². The van der Waals surface area contributed by atoms with Crippen molar-refractivity contribution < 1.29 is 18.0 Å². The van der Waals surface area contributed by atoms with Gasteiger partial charge >= 0.3 is 6.18 Å². The fourth-order valence-electron chi connectivity index (χ4n) is 2.98. The van der Waals surface area contributed by atoms with Crippen LogP contribution in [0.1, 0.15) is 59.9 Å². The lowest BCUT2D eigenvalue weighted by Crippen LogP contribution is -2.15. The van der Waals surface area contributed by atoms with Crippen LogP contribution in [0.25, 0.3) is 0 Å². The average Bonchev–Trinajstić information content (AvgIpc) is 3.15. The first-order chi connectivity index (χ1) is 11.3. The van der Waals surface area contributed by atoms with Crippen LogP contribution < -0.4 is 5.32 Å². The van der Waals surface area contributed by atoms with Gasteiger partial charge in [0.1, 0.15) is 5.82 Å². The van der Waals surface area contributed by atoms with Gasteiger partial charge in [0.15, 0.2) is 11.4 Å². The molecule has 0 unspecified atom stereocenters. The molecular weight excluding hydrogens is 323 g/mol. The lowest BCUT2D eigenvalue weighted by atomic mass is 9.87. The molecule has 0 aliphatic heterocycles. The zero-order chi connectivity index (χ0) is 17.3. The summed E-state index contributed by atoms with van der Waals surface area (Å²) in [5.74, 6) is -0.235. The smallest absolute Gasteiger partial charge is 0.305 e. The molecule has 2 N–H and O–H groups in total. The van der Waals surface area contributed by atoms with Gasteiger partial charge in [-0.05, 0) is 18.9 Å². The molecule has 1 amide bonds. The molecular formula is C15H18F3N5O.